The molecule has 1 saturated carbocycles. The molecule has 0 saturated heterocycles. The molecule has 1 fully saturated rings. The normalized spacial score (nSPS) is 15.7. The molecule has 16 heavy (non-hydrogen) atoms. The van der Waals surface area contributed by atoms with Crippen molar-refractivity contribution in [3.63, 3.8) is 0 Å². The van der Waals surface area contributed by atoms with Crippen LogP contribution in [-0.2, 0) is 6.54 Å². The Morgan fingerprint density at radius 1 is 1.31 bits per heavy atom. The van der Waals surface area contributed by atoms with E-state index in [0.29, 0.717) is 0 Å². The van der Waals surface area contributed by atoms with Crippen molar-refractivity contribution < 1.29 is 0 Å². The second-order valence-electron chi connectivity index (χ2n) is 4.77. The summed E-state index contributed by atoms with van der Waals surface area (Å²) in [4.78, 5) is 2.59. The van der Waals surface area contributed by atoms with Crippen LogP contribution in [0, 0.1) is 6.92 Å². The van der Waals surface area contributed by atoms with Crippen LogP contribution in [0.5, 0.6) is 0 Å². The van der Waals surface area contributed by atoms with Gasteiger partial charge >= 0.3 is 0 Å². The fourth-order valence-electron chi connectivity index (χ4n) is 2.13. The molecule has 0 atom stereocenters. The standard InChI is InChI=1S/C14H22N2/c1-12-5-2-3-6-13(12)11-16(10-4-9-15)14-7-8-14/h2-3,5-6,14H,4,7-11,15H2,1H3. The molecule has 0 bridgehead atoms. The third kappa shape index (κ3) is 3.06. The number of nitrogens with two attached hydrogens (primary N) is 1. The zero-order valence-electron chi connectivity index (χ0n) is 10.2. The van der Waals surface area contributed by atoms with Gasteiger partial charge < -0.3 is 5.73 Å². The molecule has 2 N–H and O–H groups in total. The first-order valence-electron chi connectivity index (χ1n) is 6.30. The maximum Gasteiger partial charge on any atom is 0.0239 e. The molecule has 0 unspecified atom stereocenters. The first-order valence-corrected chi connectivity index (χ1v) is 6.30. The van der Waals surface area contributed by atoms with E-state index in [2.05, 4.69) is 36.1 Å². The maximum atomic E-state index is 5.59. The quantitative estimate of drug-likeness (QED) is 0.794. The van der Waals surface area contributed by atoms with E-state index >= 15 is 0 Å². The van der Waals surface area contributed by atoms with Gasteiger partial charge in [0.2, 0.25) is 0 Å². The van der Waals surface area contributed by atoms with Gasteiger partial charge in [0.05, 0.1) is 0 Å². The fraction of sp³-hybridized carbons (Fsp3) is 0.571. The summed E-state index contributed by atoms with van der Waals surface area (Å²) in [7, 11) is 0. The lowest BCUT2D eigenvalue weighted by atomic mass is 10.1. The SMILES string of the molecule is Cc1ccccc1CN(CCCN)C1CC1. The smallest absolute Gasteiger partial charge is 0.0239 e. The van der Waals surface area contributed by atoms with Gasteiger partial charge in [-0.15, -0.1) is 0 Å². The monoisotopic (exact) mass is 218 g/mol. The summed E-state index contributed by atoms with van der Waals surface area (Å²) >= 11 is 0. The minimum Gasteiger partial charge on any atom is -0.330 e. The summed E-state index contributed by atoms with van der Waals surface area (Å²) < 4.78 is 0. The Kier molecular flexibility index (Phi) is 3.97. The summed E-state index contributed by atoms with van der Waals surface area (Å²) in [6, 6.07) is 9.51. The zero-order chi connectivity index (χ0) is 11.4. The van der Waals surface area contributed by atoms with Crippen LogP contribution >= 0.6 is 0 Å². The summed E-state index contributed by atoms with van der Waals surface area (Å²) in [6.45, 7) is 5.24. The van der Waals surface area contributed by atoms with Crippen molar-refractivity contribution in [3.8, 4) is 0 Å². The molecular formula is C14H22N2. The van der Waals surface area contributed by atoms with Crippen LogP contribution in [-0.4, -0.2) is 24.0 Å². The van der Waals surface area contributed by atoms with Crippen LogP contribution in [0.25, 0.3) is 0 Å². The number of benzene rings is 1. The van der Waals surface area contributed by atoms with Crippen LogP contribution in [0.15, 0.2) is 24.3 Å². The highest BCUT2D eigenvalue weighted by Gasteiger charge is 2.28. The van der Waals surface area contributed by atoms with Crippen molar-refractivity contribution in [2.45, 2.75) is 38.8 Å². The summed E-state index contributed by atoms with van der Waals surface area (Å²) in [5, 5.41) is 0. The van der Waals surface area contributed by atoms with E-state index in [1.165, 1.54) is 24.0 Å². The van der Waals surface area contributed by atoms with Gasteiger partial charge in [0, 0.05) is 12.6 Å². The van der Waals surface area contributed by atoms with Crippen LogP contribution in [0.3, 0.4) is 0 Å². The Morgan fingerprint density at radius 2 is 2.06 bits per heavy atom. The van der Waals surface area contributed by atoms with E-state index in [-0.39, 0.29) is 0 Å². The molecule has 0 spiro atoms. The third-order valence-corrected chi connectivity index (χ3v) is 3.35. The number of hydrogen-bond acceptors (Lipinski definition) is 2. The lowest BCUT2D eigenvalue weighted by Crippen LogP contribution is -2.28. The summed E-state index contributed by atoms with van der Waals surface area (Å²) in [6.07, 6.45) is 3.86. The van der Waals surface area contributed by atoms with Gasteiger partial charge in [0.15, 0.2) is 0 Å². The molecule has 1 aromatic carbocycles. The molecule has 2 rings (SSSR count). The maximum absolute atomic E-state index is 5.59. The van der Waals surface area contributed by atoms with Gasteiger partial charge in [-0.3, -0.25) is 4.90 Å². The molecular weight excluding hydrogens is 196 g/mol. The highest BCUT2D eigenvalue weighted by Crippen LogP contribution is 2.28. The van der Waals surface area contributed by atoms with E-state index in [0.717, 1.165) is 32.1 Å². The Hall–Kier alpha value is -0.860. The van der Waals surface area contributed by atoms with E-state index in [1.54, 1.807) is 0 Å². The first-order chi connectivity index (χ1) is 7.81. The molecule has 1 aliphatic carbocycles. The van der Waals surface area contributed by atoms with Gasteiger partial charge in [-0.1, -0.05) is 24.3 Å². The minimum absolute atomic E-state index is 0.803. The summed E-state index contributed by atoms with van der Waals surface area (Å²) in [5.41, 5.74) is 8.46. The van der Waals surface area contributed by atoms with Crippen LogP contribution in [0.4, 0.5) is 0 Å². The van der Waals surface area contributed by atoms with Crippen LogP contribution < -0.4 is 5.73 Å². The number of rotatable bonds is 6. The zero-order valence-corrected chi connectivity index (χ0v) is 10.2. The Labute approximate surface area is 98.4 Å². The van der Waals surface area contributed by atoms with Gasteiger partial charge in [0.25, 0.3) is 0 Å². The molecule has 0 heterocycles. The fourth-order valence-corrected chi connectivity index (χ4v) is 2.13. The predicted octanol–water partition coefficient (Wildman–Crippen LogP) is 2.31. The van der Waals surface area contributed by atoms with Crippen molar-refractivity contribution in [1.82, 2.24) is 4.90 Å². The molecule has 2 nitrogen and oxygen atoms in total. The molecule has 0 amide bonds. The van der Waals surface area contributed by atoms with Crippen LogP contribution in [0.2, 0.25) is 0 Å². The predicted molar refractivity (Wildman–Crippen MR) is 68.3 cm³/mol. The largest absolute Gasteiger partial charge is 0.330 e. The van der Waals surface area contributed by atoms with Gasteiger partial charge in [-0.05, 0) is 50.4 Å². The highest BCUT2D eigenvalue weighted by molar-refractivity contribution is 5.25. The number of hydrogen-bond donors (Lipinski definition) is 1. The Bertz CT molecular complexity index is 331. The van der Waals surface area contributed by atoms with E-state index in [4.69, 9.17) is 5.73 Å². The average molecular weight is 218 g/mol. The van der Waals surface area contributed by atoms with Crippen molar-refractivity contribution in [1.29, 1.82) is 0 Å². The van der Waals surface area contributed by atoms with Crippen molar-refractivity contribution in [2.24, 2.45) is 5.73 Å². The third-order valence-electron chi connectivity index (χ3n) is 3.35. The van der Waals surface area contributed by atoms with Gasteiger partial charge in [-0.2, -0.15) is 0 Å². The first kappa shape index (κ1) is 11.6. The Balaban J connectivity index is 1.97. The summed E-state index contributed by atoms with van der Waals surface area (Å²) in [5.74, 6) is 0. The molecule has 2 heteroatoms. The topological polar surface area (TPSA) is 29.3 Å². The number of nitrogens with zero attached hydrogens (tertiary/aromatic N) is 1. The molecule has 0 aromatic heterocycles. The Morgan fingerprint density at radius 3 is 2.69 bits per heavy atom. The van der Waals surface area contributed by atoms with Crippen molar-refractivity contribution in [3.05, 3.63) is 35.4 Å². The molecule has 0 radical (unpaired) electrons. The van der Waals surface area contributed by atoms with Gasteiger partial charge in [0.1, 0.15) is 0 Å². The van der Waals surface area contributed by atoms with E-state index in [9.17, 15) is 0 Å². The lowest BCUT2D eigenvalue weighted by molar-refractivity contribution is 0.252. The van der Waals surface area contributed by atoms with Crippen LogP contribution in [0.1, 0.15) is 30.4 Å². The second-order valence-corrected chi connectivity index (χ2v) is 4.77. The molecule has 0 aliphatic heterocycles. The van der Waals surface area contributed by atoms with Crippen molar-refractivity contribution in [2.75, 3.05) is 13.1 Å². The molecule has 1 aromatic rings. The van der Waals surface area contributed by atoms with Crippen molar-refractivity contribution >= 4 is 0 Å². The highest BCUT2D eigenvalue weighted by atomic mass is 15.2. The molecule has 1 aliphatic rings. The van der Waals surface area contributed by atoms with E-state index < -0.39 is 0 Å². The minimum atomic E-state index is 0.803. The van der Waals surface area contributed by atoms with Gasteiger partial charge in [-0.25, -0.2) is 0 Å². The number of aryl methyl sites for hydroxylation is 1. The average Bonchev–Trinajstić information content (AvgIpc) is 3.10. The lowest BCUT2D eigenvalue weighted by Gasteiger charge is -2.22. The second kappa shape index (κ2) is 5.46. The molecule has 88 valence electrons. The van der Waals surface area contributed by atoms with E-state index in [1.807, 2.05) is 0 Å².